The summed E-state index contributed by atoms with van der Waals surface area (Å²) in [4.78, 5) is 0. The highest BCUT2D eigenvalue weighted by Crippen LogP contribution is 2.28. The summed E-state index contributed by atoms with van der Waals surface area (Å²) >= 11 is 2.27. The Morgan fingerprint density at radius 3 is 1.86 bits per heavy atom. The van der Waals surface area contributed by atoms with Crippen molar-refractivity contribution in [2.45, 2.75) is 121 Å². The molecule has 1 fully saturated rings. The maximum absolute atomic E-state index is 2.30. The van der Waals surface area contributed by atoms with Crippen molar-refractivity contribution in [2.24, 2.45) is 0 Å². The normalized spacial score (nSPS) is 19.6. The molecule has 0 radical (unpaired) electrons. The number of hydrogen-bond acceptors (Lipinski definition) is 1. The molecule has 1 heteroatoms. The molecule has 0 aromatic heterocycles. The van der Waals surface area contributed by atoms with Crippen molar-refractivity contribution in [2.75, 3.05) is 5.75 Å². The Kier molecular flexibility index (Phi) is 14.1. The summed E-state index contributed by atoms with van der Waals surface area (Å²) in [5.41, 5.74) is 0. The fourth-order valence-corrected chi connectivity index (χ4v) is 4.80. The Balaban J connectivity index is 1.74. The van der Waals surface area contributed by atoms with Crippen molar-refractivity contribution in [3.05, 3.63) is 0 Å². The molecular weight excluding hydrogens is 272 g/mol. The molecule has 1 unspecified atom stereocenters. The lowest BCUT2D eigenvalue weighted by Gasteiger charge is -2.12. The van der Waals surface area contributed by atoms with Gasteiger partial charge < -0.3 is 0 Å². The van der Waals surface area contributed by atoms with E-state index in [1.54, 1.807) is 0 Å². The van der Waals surface area contributed by atoms with E-state index in [0.29, 0.717) is 0 Å². The molecule has 0 N–H and O–H groups in total. The molecule has 0 nitrogen and oxygen atoms in total. The van der Waals surface area contributed by atoms with Gasteiger partial charge in [0.1, 0.15) is 0 Å². The molecular formula is C20H40S. The van der Waals surface area contributed by atoms with E-state index in [0.717, 1.165) is 5.25 Å². The van der Waals surface area contributed by atoms with E-state index in [-0.39, 0.29) is 0 Å². The molecule has 1 aliphatic heterocycles. The Morgan fingerprint density at radius 1 is 0.667 bits per heavy atom. The second-order valence-corrected chi connectivity index (χ2v) is 8.43. The van der Waals surface area contributed by atoms with Crippen LogP contribution in [0.2, 0.25) is 0 Å². The quantitative estimate of drug-likeness (QED) is 0.313. The molecule has 0 saturated carbocycles. The highest BCUT2D eigenvalue weighted by molar-refractivity contribution is 7.99. The zero-order chi connectivity index (χ0) is 15.0. The molecule has 1 heterocycles. The van der Waals surface area contributed by atoms with E-state index < -0.39 is 0 Å². The van der Waals surface area contributed by atoms with Gasteiger partial charge in [0.15, 0.2) is 0 Å². The predicted octanol–water partition coefficient (Wildman–Crippen LogP) is 7.75. The van der Waals surface area contributed by atoms with Gasteiger partial charge in [-0.05, 0) is 25.0 Å². The first-order valence-corrected chi connectivity index (χ1v) is 11.1. The molecule has 0 aromatic carbocycles. The van der Waals surface area contributed by atoms with Gasteiger partial charge in [-0.2, -0.15) is 11.8 Å². The number of thioether (sulfide) groups is 1. The van der Waals surface area contributed by atoms with Crippen molar-refractivity contribution in [3.8, 4) is 0 Å². The van der Waals surface area contributed by atoms with Gasteiger partial charge in [0.05, 0.1) is 0 Å². The average molecular weight is 313 g/mol. The van der Waals surface area contributed by atoms with Gasteiger partial charge in [-0.1, -0.05) is 96.8 Å². The van der Waals surface area contributed by atoms with Gasteiger partial charge in [-0.25, -0.2) is 0 Å². The molecule has 21 heavy (non-hydrogen) atoms. The highest BCUT2D eigenvalue weighted by atomic mass is 32.2. The van der Waals surface area contributed by atoms with Gasteiger partial charge in [0.25, 0.3) is 0 Å². The summed E-state index contributed by atoms with van der Waals surface area (Å²) in [5.74, 6) is 1.43. The summed E-state index contributed by atoms with van der Waals surface area (Å²) in [6.07, 6.45) is 25.2. The summed E-state index contributed by atoms with van der Waals surface area (Å²) in [6, 6.07) is 0. The van der Waals surface area contributed by atoms with Crippen LogP contribution in [0.15, 0.2) is 0 Å². The van der Waals surface area contributed by atoms with Crippen molar-refractivity contribution < 1.29 is 0 Å². The molecule has 0 aliphatic carbocycles. The average Bonchev–Trinajstić information content (AvgIpc) is 2.77. The fourth-order valence-electron chi connectivity index (χ4n) is 3.42. The van der Waals surface area contributed by atoms with Crippen molar-refractivity contribution in [1.82, 2.24) is 0 Å². The fraction of sp³-hybridized carbons (Fsp3) is 1.00. The second kappa shape index (κ2) is 15.3. The molecule has 1 aliphatic rings. The minimum atomic E-state index is 1.01. The maximum atomic E-state index is 2.30. The molecule has 0 bridgehead atoms. The smallest absolute Gasteiger partial charge is 0.00470 e. The van der Waals surface area contributed by atoms with E-state index in [9.17, 15) is 0 Å². The lowest BCUT2D eigenvalue weighted by atomic mass is 10.0. The van der Waals surface area contributed by atoms with Crippen LogP contribution in [-0.4, -0.2) is 11.0 Å². The van der Waals surface area contributed by atoms with Crippen molar-refractivity contribution in [1.29, 1.82) is 0 Å². The lowest BCUT2D eigenvalue weighted by Crippen LogP contribution is -2.01. The summed E-state index contributed by atoms with van der Waals surface area (Å²) in [6.45, 7) is 2.30. The van der Waals surface area contributed by atoms with E-state index in [4.69, 9.17) is 0 Å². The number of unbranched alkanes of at least 4 members (excludes halogenated alkanes) is 11. The largest absolute Gasteiger partial charge is 0.159 e. The molecule has 1 atom stereocenters. The van der Waals surface area contributed by atoms with Crippen LogP contribution in [0, 0.1) is 0 Å². The Bertz CT molecular complexity index is 194. The summed E-state index contributed by atoms with van der Waals surface area (Å²) in [7, 11) is 0. The summed E-state index contributed by atoms with van der Waals surface area (Å²) in [5, 5.41) is 1.01. The monoisotopic (exact) mass is 312 g/mol. The molecule has 1 rings (SSSR count). The Labute approximate surface area is 139 Å². The molecule has 0 aromatic rings. The number of rotatable bonds is 13. The predicted molar refractivity (Wildman–Crippen MR) is 100 cm³/mol. The minimum Gasteiger partial charge on any atom is -0.159 e. The first-order chi connectivity index (χ1) is 10.4. The van der Waals surface area contributed by atoms with E-state index in [1.807, 2.05) is 0 Å². The number of hydrogen-bond donors (Lipinski definition) is 0. The van der Waals surface area contributed by atoms with Crippen LogP contribution < -0.4 is 0 Å². The summed E-state index contributed by atoms with van der Waals surface area (Å²) < 4.78 is 0. The third-order valence-electron chi connectivity index (χ3n) is 4.90. The van der Waals surface area contributed by atoms with Crippen LogP contribution in [0.4, 0.5) is 0 Å². The van der Waals surface area contributed by atoms with Crippen LogP contribution in [0.5, 0.6) is 0 Å². The minimum absolute atomic E-state index is 1.01. The zero-order valence-corrected chi connectivity index (χ0v) is 15.5. The van der Waals surface area contributed by atoms with Gasteiger partial charge in [-0.15, -0.1) is 0 Å². The van der Waals surface area contributed by atoms with E-state index >= 15 is 0 Å². The third kappa shape index (κ3) is 12.6. The molecule has 0 spiro atoms. The first kappa shape index (κ1) is 19.4. The molecule has 0 amide bonds. The third-order valence-corrected chi connectivity index (χ3v) is 6.37. The van der Waals surface area contributed by atoms with E-state index in [2.05, 4.69) is 18.7 Å². The van der Waals surface area contributed by atoms with E-state index in [1.165, 1.54) is 115 Å². The van der Waals surface area contributed by atoms with Gasteiger partial charge in [0.2, 0.25) is 0 Å². The van der Waals surface area contributed by atoms with Crippen LogP contribution >= 0.6 is 11.8 Å². The maximum Gasteiger partial charge on any atom is 0.00470 e. The Morgan fingerprint density at radius 2 is 1.24 bits per heavy atom. The van der Waals surface area contributed by atoms with Gasteiger partial charge in [-0.3, -0.25) is 0 Å². The van der Waals surface area contributed by atoms with Crippen LogP contribution in [0.25, 0.3) is 0 Å². The van der Waals surface area contributed by atoms with Crippen LogP contribution in [-0.2, 0) is 0 Å². The Hall–Kier alpha value is 0.350. The standard InChI is InChI=1S/C20H40S/c1-2-3-4-5-6-7-8-9-10-11-12-14-17-20-18-15-13-16-19-21-20/h20H,2-19H2,1H3. The lowest BCUT2D eigenvalue weighted by molar-refractivity contribution is 0.532. The van der Waals surface area contributed by atoms with Crippen LogP contribution in [0.1, 0.15) is 116 Å². The zero-order valence-electron chi connectivity index (χ0n) is 14.7. The second-order valence-electron chi connectivity index (χ2n) is 7.02. The highest BCUT2D eigenvalue weighted by Gasteiger charge is 2.11. The van der Waals surface area contributed by atoms with Gasteiger partial charge >= 0.3 is 0 Å². The topological polar surface area (TPSA) is 0 Å². The molecule has 126 valence electrons. The van der Waals surface area contributed by atoms with Crippen LogP contribution in [0.3, 0.4) is 0 Å². The first-order valence-electron chi connectivity index (χ1n) is 10.0. The van der Waals surface area contributed by atoms with Crippen molar-refractivity contribution in [3.63, 3.8) is 0 Å². The van der Waals surface area contributed by atoms with Crippen molar-refractivity contribution >= 4 is 11.8 Å². The molecule has 1 saturated heterocycles. The SMILES string of the molecule is CCCCCCCCCCCCCCC1CCCCCS1. The van der Waals surface area contributed by atoms with Gasteiger partial charge in [0, 0.05) is 5.25 Å².